The molecule has 0 spiro atoms. The molecule has 1 saturated heterocycles. The van der Waals surface area contributed by atoms with Gasteiger partial charge in [-0.2, -0.15) is 0 Å². The van der Waals surface area contributed by atoms with Gasteiger partial charge in [0, 0.05) is 5.69 Å². The second kappa shape index (κ2) is 4.37. The van der Waals surface area contributed by atoms with E-state index in [0.717, 1.165) is 16.8 Å². The zero-order chi connectivity index (χ0) is 14.4. The molecule has 102 valence electrons. The van der Waals surface area contributed by atoms with Gasteiger partial charge in [-0.25, -0.2) is 0 Å². The van der Waals surface area contributed by atoms with Gasteiger partial charge in [-0.1, -0.05) is 12.1 Å². The molecule has 0 radical (unpaired) electrons. The Bertz CT molecular complexity index is 549. The molecule has 19 heavy (non-hydrogen) atoms. The Morgan fingerprint density at radius 3 is 2.47 bits per heavy atom. The lowest BCUT2D eigenvalue weighted by Crippen LogP contribution is -2.67. The summed E-state index contributed by atoms with van der Waals surface area (Å²) in [5.41, 5.74) is 2.11. The van der Waals surface area contributed by atoms with E-state index in [0.29, 0.717) is 0 Å². The van der Waals surface area contributed by atoms with Crippen LogP contribution in [0.1, 0.15) is 31.9 Å². The summed E-state index contributed by atoms with van der Waals surface area (Å²) in [6, 6.07) is 5.33. The van der Waals surface area contributed by atoms with E-state index in [1.165, 1.54) is 0 Å². The second-order valence-electron chi connectivity index (χ2n) is 5.68. The number of nitrogens with zero attached hydrogens (tertiary/aromatic N) is 1. The summed E-state index contributed by atoms with van der Waals surface area (Å²) in [5.74, 6) is -0.196. The molecule has 0 aliphatic carbocycles. The third kappa shape index (κ3) is 2.11. The predicted molar refractivity (Wildman–Crippen MR) is 75.1 cm³/mol. The lowest BCUT2D eigenvalue weighted by molar-refractivity contribution is -0.136. The molecule has 1 heterocycles. The lowest BCUT2D eigenvalue weighted by Gasteiger charge is -2.42. The van der Waals surface area contributed by atoms with Gasteiger partial charge in [0.05, 0.1) is 0 Å². The number of nitrogens with one attached hydrogen (secondary N) is 1. The van der Waals surface area contributed by atoms with Crippen molar-refractivity contribution in [1.82, 2.24) is 5.32 Å². The number of amides is 2. The quantitative estimate of drug-likeness (QED) is 0.839. The molecule has 2 amide bonds. The standard InChI is InChI=1S/C15H20N2O2/c1-9-7-6-8-12(10(9)2)17-11(3)13(18)16-15(4,5)14(17)19/h6-8,11H,1-5H3,(H,16,18). The highest BCUT2D eigenvalue weighted by Gasteiger charge is 2.44. The van der Waals surface area contributed by atoms with Gasteiger partial charge in [0.2, 0.25) is 5.91 Å². The first-order valence-electron chi connectivity index (χ1n) is 6.47. The number of carbonyl (C=O) groups is 2. The van der Waals surface area contributed by atoms with E-state index in [1.807, 2.05) is 32.0 Å². The summed E-state index contributed by atoms with van der Waals surface area (Å²) in [6.45, 7) is 9.20. The zero-order valence-corrected chi connectivity index (χ0v) is 12.1. The van der Waals surface area contributed by atoms with Gasteiger partial charge >= 0.3 is 0 Å². The molecule has 4 heteroatoms. The Balaban J connectivity index is 2.55. The molecule has 1 atom stereocenters. The number of anilines is 1. The van der Waals surface area contributed by atoms with Crippen LogP contribution >= 0.6 is 0 Å². The number of piperazine rings is 1. The number of benzene rings is 1. The molecule has 1 aromatic rings. The van der Waals surface area contributed by atoms with Gasteiger partial charge in [0.15, 0.2) is 0 Å². The molecular weight excluding hydrogens is 240 g/mol. The van der Waals surface area contributed by atoms with Crippen LogP contribution in [0.2, 0.25) is 0 Å². The molecule has 1 aliphatic rings. The minimum absolute atomic E-state index is 0.0756. The Morgan fingerprint density at radius 1 is 1.21 bits per heavy atom. The topological polar surface area (TPSA) is 49.4 Å². The average Bonchev–Trinajstić information content (AvgIpc) is 2.32. The molecule has 0 aromatic heterocycles. The van der Waals surface area contributed by atoms with Crippen molar-refractivity contribution in [2.45, 2.75) is 46.2 Å². The van der Waals surface area contributed by atoms with Crippen LogP contribution in [0, 0.1) is 13.8 Å². The maximum atomic E-state index is 12.6. The maximum absolute atomic E-state index is 12.6. The summed E-state index contributed by atoms with van der Waals surface area (Å²) < 4.78 is 0. The van der Waals surface area contributed by atoms with Crippen molar-refractivity contribution in [2.24, 2.45) is 0 Å². The second-order valence-corrected chi connectivity index (χ2v) is 5.68. The molecule has 0 bridgehead atoms. The maximum Gasteiger partial charge on any atom is 0.252 e. The lowest BCUT2D eigenvalue weighted by atomic mass is 9.95. The highest BCUT2D eigenvalue weighted by atomic mass is 16.2. The highest BCUT2D eigenvalue weighted by molar-refractivity contribution is 6.10. The van der Waals surface area contributed by atoms with Crippen LogP contribution in [0.15, 0.2) is 18.2 Å². The van der Waals surface area contributed by atoms with Crippen LogP contribution in [0.3, 0.4) is 0 Å². The van der Waals surface area contributed by atoms with Gasteiger partial charge in [-0.05, 0) is 51.8 Å². The van der Waals surface area contributed by atoms with Crippen LogP contribution in [-0.2, 0) is 9.59 Å². The van der Waals surface area contributed by atoms with Crippen molar-refractivity contribution in [2.75, 3.05) is 4.90 Å². The molecule has 1 aromatic carbocycles. The van der Waals surface area contributed by atoms with E-state index in [4.69, 9.17) is 0 Å². The van der Waals surface area contributed by atoms with E-state index >= 15 is 0 Å². The van der Waals surface area contributed by atoms with Gasteiger partial charge in [-0.3, -0.25) is 14.5 Å². The van der Waals surface area contributed by atoms with E-state index in [2.05, 4.69) is 5.32 Å². The fraction of sp³-hybridized carbons (Fsp3) is 0.467. The summed E-state index contributed by atoms with van der Waals surface area (Å²) in [5, 5.41) is 2.76. The minimum atomic E-state index is -0.861. The number of hydrogen-bond acceptors (Lipinski definition) is 2. The molecule has 1 unspecified atom stereocenters. The third-order valence-electron chi connectivity index (χ3n) is 3.79. The number of aryl methyl sites for hydroxylation is 1. The fourth-order valence-corrected chi connectivity index (χ4v) is 2.37. The minimum Gasteiger partial charge on any atom is -0.340 e. The van der Waals surface area contributed by atoms with E-state index in [9.17, 15) is 9.59 Å². The normalized spacial score (nSPS) is 22.4. The van der Waals surface area contributed by atoms with Crippen LogP contribution in [0.5, 0.6) is 0 Å². The number of carbonyl (C=O) groups excluding carboxylic acids is 2. The Kier molecular flexibility index (Phi) is 3.12. The van der Waals surface area contributed by atoms with Crippen LogP contribution in [0.25, 0.3) is 0 Å². The highest BCUT2D eigenvalue weighted by Crippen LogP contribution is 2.29. The van der Waals surface area contributed by atoms with E-state index in [1.54, 1.807) is 25.7 Å². The third-order valence-corrected chi connectivity index (χ3v) is 3.79. The van der Waals surface area contributed by atoms with E-state index < -0.39 is 11.6 Å². The molecule has 4 nitrogen and oxygen atoms in total. The first-order chi connectivity index (χ1) is 8.75. The largest absolute Gasteiger partial charge is 0.340 e. The van der Waals surface area contributed by atoms with Crippen LogP contribution in [-0.4, -0.2) is 23.4 Å². The first-order valence-corrected chi connectivity index (χ1v) is 6.47. The SMILES string of the molecule is Cc1cccc(N2C(=O)C(C)(C)NC(=O)C2C)c1C. The van der Waals surface area contributed by atoms with Crippen molar-refractivity contribution in [3.8, 4) is 0 Å². The van der Waals surface area contributed by atoms with Crippen LogP contribution in [0.4, 0.5) is 5.69 Å². The van der Waals surface area contributed by atoms with Gasteiger partial charge in [-0.15, -0.1) is 0 Å². The van der Waals surface area contributed by atoms with Crippen LogP contribution < -0.4 is 10.2 Å². The molecule has 2 rings (SSSR count). The average molecular weight is 260 g/mol. The molecule has 0 saturated carbocycles. The van der Waals surface area contributed by atoms with Crippen molar-refractivity contribution < 1.29 is 9.59 Å². The molecule has 1 aliphatic heterocycles. The fourth-order valence-electron chi connectivity index (χ4n) is 2.37. The first kappa shape index (κ1) is 13.6. The predicted octanol–water partition coefficient (Wildman–Crippen LogP) is 1.93. The van der Waals surface area contributed by atoms with Gasteiger partial charge < -0.3 is 5.32 Å². The smallest absolute Gasteiger partial charge is 0.252 e. The zero-order valence-electron chi connectivity index (χ0n) is 12.1. The molecule has 1 fully saturated rings. The molecule has 1 N–H and O–H groups in total. The molecular formula is C15H20N2O2. The summed E-state index contributed by atoms with van der Waals surface area (Å²) in [7, 11) is 0. The van der Waals surface area contributed by atoms with Crippen molar-refractivity contribution >= 4 is 17.5 Å². The monoisotopic (exact) mass is 260 g/mol. The van der Waals surface area contributed by atoms with Crippen molar-refractivity contribution in [3.05, 3.63) is 29.3 Å². The Morgan fingerprint density at radius 2 is 1.84 bits per heavy atom. The summed E-state index contributed by atoms with van der Waals surface area (Å²) in [4.78, 5) is 26.2. The van der Waals surface area contributed by atoms with Crippen molar-refractivity contribution in [3.63, 3.8) is 0 Å². The van der Waals surface area contributed by atoms with Crippen molar-refractivity contribution in [1.29, 1.82) is 0 Å². The Labute approximate surface area is 113 Å². The summed E-state index contributed by atoms with van der Waals surface area (Å²) >= 11 is 0. The number of rotatable bonds is 1. The van der Waals surface area contributed by atoms with Gasteiger partial charge in [0.1, 0.15) is 11.6 Å². The Hall–Kier alpha value is -1.84. The van der Waals surface area contributed by atoms with E-state index in [-0.39, 0.29) is 11.8 Å². The summed E-state index contributed by atoms with van der Waals surface area (Å²) in [6.07, 6.45) is 0. The van der Waals surface area contributed by atoms with Gasteiger partial charge in [0.25, 0.3) is 5.91 Å². The number of hydrogen-bond donors (Lipinski definition) is 1.